The van der Waals surface area contributed by atoms with Crippen molar-refractivity contribution in [1.29, 1.82) is 0 Å². The number of ketones is 1. The molecule has 2 aliphatic rings. The smallest absolute Gasteiger partial charge is 0.243 e. The summed E-state index contributed by atoms with van der Waals surface area (Å²) in [5, 5.41) is 0. The van der Waals surface area contributed by atoms with Gasteiger partial charge in [-0.25, -0.2) is 8.42 Å². The van der Waals surface area contributed by atoms with Crippen molar-refractivity contribution >= 4 is 15.8 Å². The molecule has 6 heteroatoms. The molecule has 120 valence electrons. The molecule has 2 heterocycles. The molecule has 2 aliphatic heterocycles. The lowest BCUT2D eigenvalue weighted by atomic mass is 9.88. The number of rotatable bonds is 2. The summed E-state index contributed by atoms with van der Waals surface area (Å²) in [7, 11) is -1.58. The average molecular weight is 322 g/mol. The number of likely N-dealkylation sites (tertiary alicyclic amines) is 1. The molecule has 0 spiro atoms. The fourth-order valence-corrected chi connectivity index (χ4v) is 5.40. The van der Waals surface area contributed by atoms with Crippen LogP contribution in [0.15, 0.2) is 29.2 Å². The van der Waals surface area contributed by atoms with E-state index in [1.807, 2.05) is 20.9 Å². The number of carbonyl (C=O) groups is 1. The molecule has 5 nitrogen and oxygen atoms in total. The van der Waals surface area contributed by atoms with E-state index in [2.05, 4.69) is 4.90 Å². The van der Waals surface area contributed by atoms with Crippen LogP contribution in [0, 0.1) is 12.8 Å². The standard InChI is InChI=1S/C16H22N2O3S/c1-11-4-6-13(7-5-11)22(20,21)18-10-14-15(19)8-9-17(3)16(14)12(18)2/h4-7,12,14,16H,8-10H2,1-3H3/t12-,14-,16-/m0/s1. The van der Waals surface area contributed by atoms with E-state index in [0.29, 0.717) is 24.4 Å². The van der Waals surface area contributed by atoms with Gasteiger partial charge < -0.3 is 4.90 Å². The third-order valence-electron chi connectivity index (χ3n) is 5.00. The van der Waals surface area contributed by atoms with E-state index in [1.54, 1.807) is 24.3 Å². The minimum absolute atomic E-state index is 0.0125. The van der Waals surface area contributed by atoms with E-state index in [-0.39, 0.29) is 23.8 Å². The summed E-state index contributed by atoms with van der Waals surface area (Å²) < 4.78 is 27.3. The highest BCUT2D eigenvalue weighted by molar-refractivity contribution is 7.89. The van der Waals surface area contributed by atoms with Crippen LogP contribution in [0.4, 0.5) is 0 Å². The molecule has 1 aromatic carbocycles. The maximum atomic E-state index is 12.9. The van der Waals surface area contributed by atoms with Crippen molar-refractivity contribution in [3.8, 4) is 0 Å². The van der Waals surface area contributed by atoms with Crippen molar-refractivity contribution in [1.82, 2.24) is 9.21 Å². The molecule has 3 atom stereocenters. The molecular weight excluding hydrogens is 300 g/mol. The Hall–Kier alpha value is -1.24. The monoisotopic (exact) mass is 322 g/mol. The molecule has 0 unspecified atom stereocenters. The van der Waals surface area contributed by atoms with Crippen molar-refractivity contribution in [2.24, 2.45) is 5.92 Å². The molecule has 0 N–H and O–H groups in total. The second-order valence-electron chi connectivity index (χ2n) is 6.42. The van der Waals surface area contributed by atoms with Gasteiger partial charge in [0.25, 0.3) is 0 Å². The lowest BCUT2D eigenvalue weighted by Gasteiger charge is -2.35. The number of aryl methyl sites for hydroxylation is 1. The van der Waals surface area contributed by atoms with Gasteiger partial charge in [-0.2, -0.15) is 4.31 Å². The zero-order valence-corrected chi connectivity index (χ0v) is 14.0. The second kappa shape index (κ2) is 5.44. The van der Waals surface area contributed by atoms with Gasteiger partial charge in [-0.05, 0) is 33.0 Å². The fraction of sp³-hybridized carbons (Fsp3) is 0.562. The zero-order valence-electron chi connectivity index (χ0n) is 13.2. The number of Topliss-reactive ketones (excluding diaryl/α,β-unsaturated/α-hetero) is 1. The molecule has 1 aromatic rings. The van der Waals surface area contributed by atoms with Crippen molar-refractivity contribution in [2.75, 3.05) is 20.1 Å². The van der Waals surface area contributed by atoms with Gasteiger partial charge in [0.15, 0.2) is 0 Å². The minimum Gasteiger partial charge on any atom is -0.301 e. The number of fused-ring (bicyclic) bond motifs is 1. The van der Waals surface area contributed by atoms with Crippen molar-refractivity contribution in [3.63, 3.8) is 0 Å². The predicted molar refractivity (Wildman–Crippen MR) is 84.1 cm³/mol. The molecule has 0 saturated carbocycles. The second-order valence-corrected chi connectivity index (χ2v) is 8.31. The highest BCUT2D eigenvalue weighted by Crippen LogP contribution is 2.35. The van der Waals surface area contributed by atoms with Crippen molar-refractivity contribution < 1.29 is 13.2 Å². The van der Waals surface area contributed by atoms with Crippen LogP contribution in [-0.4, -0.2) is 55.6 Å². The Morgan fingerprint density at radius 3 is 2.41 bits per heavy atom. The van der Waals surface area contributed by atoms with E-state index in [0.717, 1.165) is 5.56 Å². The van der Waals surface area contributed by atoms with Crippen LogP contribution in [0.25, 0.3) is 0 Å². The maximum Gasteiger partial charge on any atom is 0.243 e. The molecule has 3 rings (SSSR count). The number of benzene rings is 1. The van der Waals surface area contributed by atoms with Crippen molar-refractivity contribution in [2.45, 2.75) is 37.2 Å². The largest absolute Gasteiger partial charge is 0.301 e. The number of hydrogen-bond acceptors (Lipinski definition) is 4. The number of hydrogen-bond donors (Lipinski definition) is 0. The number of sulfonamides is 1. The molecule has 2 saturated heterocycles. The normalized spacial score (nSPS) is 30.5. The predicted octanol–water partition coefficient (Wildman–Crippen LogP) is 1.28. The molecule has 0 aromatic heterocycles. The van der Waals surface area contributed by atoms with Gasteiger partial charge in [0.05, 0.1) is 4.90 Å². The van der Waals surface area contributed by atoms with Crippen LogP contribution in [0.5, 0.6) is 0 Å². The number of carbonyl (C=O) groups excluding carboxylic acids is 1. The van der Waals surface area contributed by atoms with Gasteiger partial charge in [0, 0.05) is 37.5 Å². The first-order valence-corrected chi connectivity index (χ1v) is 9.08. The first-order valence-electron chi connectivity index (χ1n) is 7.64. The zero-order chi connectivity index (χ0) is 16.1. The van der Waals surface area contributed by atoms with Crippen LogP contribution in [0.3, 0.4) is 0 Å². The summed E-state index contributed by atoms with van der Waals surface area (Å²) in [5.74, 6) is -0.00877. The van der Waals surface area contributed by atoms with Gasteiger partial charge in [-0.1, -0.05) is 17.7 Å². The first kappa shape index (κ1) is 15.6. The third-order valence-corrected chi connectivity index (χ3v) is 6.97. The number of likely N-dealkylation sites (N-methyl/N-ethyl adjacent to an activating group) is 1. The molecule has 0 bridgehead atoms. The average Bonchev–Trinajstić information content (AvgIpc) is 2.83. The summed E-state index contributed by atoms with van der Waals surface area (Å²) in [6.07, 6.45) is 0.517. The molecule has 0 radical (unpaired) electrons. The van der Waals surface area contributed by atoms with E-state index < -0.39 is 10.0 Å². The van der Waals surface area contributed by atoms with Crippen LogP contribution < -0.4 is 0 Å². The maximum absolute atomic E-state index is 12.9. The summed E-state index contributed by atoms with van der Waals surface area (Å²) in [4.78, 5) is 14.6. The summed E-state index contributed by atoms with van der Waals surface area (Å²) in [6.45, 7) is 4.84. The SMILES string of the molecule is Cc1ccc(S(=O)(=O)N2C[C@H]3C(=O)CCN(C)[C@H]3[C@@H]2C)cc1. The Balaban J connectivity index is 1.95. The van der Waals surface area contributed by atoms with Crippen LogP contribution in [0.2, 0.25) is 0 Å². The molecule has 22 heavy (non-hydrogen) atoms. The summed E-state index contributed by atoms with van der Waals surface area (Å²) in [6, 6.07) is 6.69. The Kier molecular flexibility index (Phi) is 3.87. The minimum atomic E-state index is -3.56. The van der Waals surface area contributed by atoms with Crippen molar-refractivity contribution in [3.05, 3.63) is 29.8 Å². The fourth-order valence-electron chi connectivity index (χ4n) is 3.73. The van der Waals surface area contributed by atoms with Crippen LogP contribution in [-0.2, 0) is 14.8 Å². The number of piperidine rings is 1. The first-order chi connectivity index (χ1) is 10.3. The van der Waals surface area contributed by atoms with Gasteiger partial charge >= 0.3 is 0 Å². The van der Waals surface area contributed by atoms with E-state index in [4.69, 9.17) is 0 Å². The Labute approximate surface area is 132 Å². The molecule has 2 fully saturated rings. The summed E-state index contributed by atoms with van der Waals surface area (Å²) >= 11 is 0. The lowest BCUT2D eigenvalue weighted by Crippen LogP contribution is -2.50. The van der Waals surface area contributed by atoms with Gasteiger partial charge in [-0.15, -0.1) is 0 Å². The summed E-state index contributed by atoms with van der Waals surface area (Å²) in [5.41, 5.74) is 1.03. The number of nitrogens with zero attached hydrogens (tertiary/aromatic N) is 2. The van der Waals surface area contributed by atoms with E-state index >= 15 is 0 Å². The van der Waals surface area contributed by atoms with Gasteiger partial charge in [0.2, 0.25) is 10.0 Å². The van der Waals surface area contributed by atoms with E-state index in [1.165, 1.54) is 4.31 Å². The lowest BCUT2D eigenvalue weighted by molar-refractivity contribution is -0.127. The Bertz CT molecular complexity index is 684. The quantitative estimate of drug-likeness (QED) is 0.823. The van der Waals surface area contributed by atoms with E-state index in [9.17, 15) is 13.2 Å². The Morgan fingerprint density at radius 2 is 1.82 bits per heavy atom. The van der Waals surface area contributed by atoms with Crippen LogP contribution >= 0.6 is 0 Å². The Morgan fingerprint density at radius 1 is 1.18 bits per heavy atom. The third kappa shape index (κ3) is 2.39. The van der Waals surface area contributed by atoms with Crippen LogP contribution in [0.1, 0.15) is 18.9 Å². The highest BCUT2D eigenvalue weighted by atomic mass is 32.2. The molecular formula is C16H22N2O3S. The van der Waals surface area contributed by atoms with Gasteiger partial charge in [-0.3, -0.25) is 4.79 Å². The highest BCUT2D eigenvalue weighted by Gasteiger charge is 2.50. The molecule has 0 amide bonds. The molecule has 0 aliphatic carbocycles. The topological polar surface area (TPSA) is 57.7 Å². The van der Waals surface area contributed by atoms with Gasteiger partial charge in [0.1, 0.15) is 5.78 Å².